The number of nitrogens with two attached hydrogens (primary N) is 1. The molecule has 1 saturated heterocycles. The summed E-state index contributed by atoms with van der Waals surface area (Å²) in [5.41, 5.74) is 5.87. The van der Waals surface area contributed by atoms with Crippen molar-refractivity contribution in [1.82, 2.24) is 24.4 Å². The molecule has 0 bridgehead atoms. The number of carbonyl (C=O) groups is 1. The van der Waals surface area contributed by atoms with Crippen LogP contribution >= 0.6 is 0 Å². The molecule has 1 amide bonds. The first kappa shape index (κ1) is 31.9. The highest BCUT2D eigenvalue weighted by atomic mass is 32.2. The van der Waals surface area contributed by atoms with Crippen LogP contribution in [0.4, 0.5) is 20.2 Å². The number of benzene rings is 1. The van der Waals surface area contributed by atoms with Crippen molar-refractivity contribution in [1.29, 1.82) is 0 Å². The van der Waals surface area contributed by atoms with E-state index in [0.29, 0.717) is 17.1 Å². The molecule has 1 aliphatic heterocycles. The highest BCUT2D eigenvalue weighted by Gasteiger charge is 2.40. The molecule has 4 aromatic rings. The fourth-order valence-corrected chi connectivity index (χ4v) is 7.83. The first-order valence-electron chi connectivity index (χ1n) is 15.9. The van der Waals surface area contributed by atoms with Crippen LogP contribution < -0.4 is 16.2 Å². The molecular formula is C34H35F2N7O4S. The Morgan fingerprint density at radius 1 is 1.00 bits per heavy atom. The van der Waals surface area contributed by atoms with Crippen LogP contribution in [0, 0.1) is 11.6 Å². The second-order valence-corrected chi connectivity index (χ2v) is 15.0. The van der Waals surface area contributed by atoms with Gasteiger partial charge in [0.25, 0.3) is 5.56 Å². The van der Waals surface area contributed by atoms with Gasteiger partial charge in [-0.05, 0) is 63.8 Å². The molecule has 14 heteroatoms. The van der Waals surface area contributed by atoms with Gasteiger partial charge in [0.05, 0.1) is 28.3 Å². The van der Waals surface area contributed by atoms with Crippen molar-refractivity contribution in [3.05, 3.63) is 76.6 Å². The molecule has 2 aliphatic carbocycles. The van der Waals surface area contributed by atoms with Crippen LogP contribution in [0.5, 0.6) is 0 Å². The quantitative estimate of drug-likeness (QED) is 0.222. The average molecular weight is 676 g/mol. The van der Waals surface area contributed by atoms with Crippen molar-refractivity contribution in [2.45, 2.75) is 68.3 Å². The monoisotopic (exact) mass is 675 g/mol. The van der Waals surface area contributed by atoms with Gasteiger partial charge in [0.15, 0.2) is 26.2 Å². The van der Waals surface area contributed by atoms with E-state index in [1.807, 2.05) is 0 Å². The van der Waals surface area contributed by atoms with E-state index in [9.17, 15) is 18.0 Å². The molecule has 3 fully saturated rings. The van der Waals surface area contributed by atoms with Crippen LogP contribution in [0.15, 0.2) is 52.9 Å². The van der Waals surface area contributed by atoms with Crippen LogP contribution in [0.1, 0.15) is 62.8 Å². The Kier molecular flexibility index (Phi) is 7.61. The van der Waals surface area contributed by atoms with E-state index in [1.54, 1.807) is 23.6 Å². The summed E-state index contributed by atoms with van der Waals surface area (Å²) in [4.78, 5) is 44.1. The standard InChI is InChI=1S/C34H35F2N7O4S/c1-5-25(44)41-14-18(3)42(15-17(41)2)30-21-13-23(36)29(26-22(35)7-6-8-24(26)37)40-33(21)43(34(45)32(30)48(4,46)47)31-27(19-9-10-19)38-16-39-28(31)20-11-12-20/h5-8,13,16-20H,1,9-12,14-15,37H2,2-4H3/t17-,18+/m1/s1. The van der Waals surface area contributed by atoms with Crippen LogP contribution in [0.2, 0.25) is 0 Å². The third-order valence-corrected chi connectivity index (χ3v) is 10.6. The first-order valence-corrected chi connectivity index (χ1v) is 17.8. The van der Waals surface area contributed by atoms with Gasteiger partial charge in [-0.15, -0.1) is 0 Å². The van der Waals surface area contributed by atoms with Gasteiger partial charge >= 0.3 is 0 Å². The highest BCUT2D eigenvalue weighted by molar-refractivity contribution is 7.90. The average Bonchev–Trinajstić information content (AvgIpc) is 3.95. The Labute approximate surface area is 276 Å². The Hall–Kier alpha value is -4.72. The third-order valence-electron chi connectivity index (χ3n) is 9.45. The van der Waals surface area contributed by atoms with Gasteiger partial charge in [0, 0.05) is 54.3 Å². The molecule has 2 atom stereocenters. The van der Waals surface area contributed by atoms with Crippen LogP contribution in [-0.4, -0.2) is 70.2 Å². The van der Waals surface area contributed by atoms with Gasteiger partial charge in [-0.3, -0.25) is 14.2 Å². The zero-order valence-electron chi connectivity index (χ0n) is 26.8. The largest absolute Gasteiger partial charge is 0.398 e. The van der Waals surface area contributed by atoms with E-state index < -0.39 is 49.7 Å². The molecule has 250 valence electrons. The summed E-state index contributed by atoms with van der Waals surface area (Å²) in [6, 6.07) is 4.12. The molecule has 2 N–H and O–H groups in total. The second-order valence-electron chi connectivity index (χ2n) is 13.1. The Balaban J connectivity index is 1.62. The lowest BCUT2D eigenvalue weighted by molar-refractivity contribution is -0.128. The number of rotatable bonds is 7. The van der Waals surface area contributed by atoms with Crippen LogP contribution in [0.3, 0.4) is 0 Å². The summed E-state index contributed by atoms with van der Waals surface area (Å²) in [7, 11) is -4.28. The number of carbonyl (C=O) groups excluding carboxylic acids is 1. The first-order chi connectivity index (χ1) is 22.8. The maximum absolute atomic E-state index is 16.4. The summed E-state index contributed by atoms with van der Waals surface area (Å²) in [6.45, 7) is 7.49. The molecule has 11 nitrogen and oxygen atoms in total. The molecule has 0 spiro atoms. The van der Waals surface area contributed by atoms with E-state index >= 15 is 8.78 Å². The molecular weight excluding hydrogens is 640 g/mol. The van der Waals surface area contributed by atoms with Gasteiger partial charge in [-0.1, -0.05) is 12.6 Å². The van der Waals surface area contributed by atoms with Crippen molar-refractivity contribution in [3.8, 4) is 16.9 Å². The third kappa shape index (κ3) is 5.22. The zero-order valence-corrected chi connectivity index (χ0v) is 27.6. The maximum atomic E-state index is 16.4. The Morgan fingerprint density at radius 3 is 2.21 bits per heavy atom. The predicted molar refractivity (Wildman–Crippen MR) is 178 cm³/mol. The maximum Gasteiger partial charge on any atom is 0.277 e. The molecule has 4 heterocycles. The fraction of sp³-hybridized carbons (Fsp3) is 0.382. The number of piperazine rings is 1. The van der Waals surface area contributed by atoms with E-state index in [4.69, 9.17) is 5.73 Å². The van der Waals surface area contributed by atoms with Crippen LogP contribution in [-0.2, 0) is 14.6 Å². The lowest BCUT2D eigenvalue weighted by Gasteiger charge is -2.45. The lowest BCUT2D eigenvalue weighted by atomic mass is 10.0. The summed E-state index contributed by atoms with van der Waals surface area (Å²) in [5.74, 6) is -2.03. The van der Waals surface area contributed by atoms with Crippen LogP contribution in [0.25, 0.3) is 28.0 Å². The van der Waals surface area contributed by atoms with Crippen molar-refractivity contribution >= 4 is 38.2 Å². The van der Waals surface area contributed by atoms with Gasteiger partial charge < -0.3 is 15.5 Å². The zero-order chi connectivity index (χ0) is 34.2. The second kappa shape index (κ2) is 11.5. The molecule has 3 aliphatic rings. The smallest absolute Gasteiger partial charge is 0.277 e. The number of nitrogens with zero attached hydrogens (tertiary/aromatic N) is 6. The fourth-order valence-electron chi connectivity index (χ4n) is 6.85. The molecule has 3 aromatic heterocycles. The Morgan fingerprint density at radius 2 is 1.65 bits per heavy atom. The molecule has 48 heavy (non-hydrogen) atoms. The molecule has 0 radical (unpaired) electrons. The van der Waals surface area contributed by atoms with E-state index in [2.05, 4.69) is 21.5 Å². The van der Waals surface area contributed by atoms with Gasteiger partial charge in [-0.25, -0.2) is 32.2 Å². The SMILES string of the molecule is C=CC(=O)N1C[C@H](C)N(c2c(S(C)(=O)=O)c(=O)n(-c3c(C4CC4)ncnc3C3CC3)c3nc(-c4c(N)cccc4F)c(F)cc23)C[C@H]1C. The number of amides is 1. The van der Waals surface area contributed by atoms with Crippen molar-refractivity contribution in [2.75, 3.05) is 30.0 Å². The lowest BCUT2D eigenvalue weighted by Crippen LogP contribution is -2.58. The van der Waals surface area contributed by atoms with E-state index in [1.165, 1.54) is 29.1 Å². The minimum absolute atomic E-state index is 0.0160. The number of hydrogen-bond acceptors (Lipinski definition) is 9. The van der Waals surface area contributed by atoms with Gasteiger partial charge in [0.2, 0.25) is 5.91 Å². The van der Waals surface area contributed by atoms with Gasteiger partial charge in [-0.2, -0.15) is 0 Å². The number of halogens is 2. The number of pyridine rings is 2. The number of anilines is 2. The number of hydrogen-bond donors (Lipinski definition) is 1. The topological polar surface area (TPSA) is 144 Å². The highest BCUT2D eigenvalue weighted by Crippen LogP contribution is 2.48. The number of fused-ring (bicyclic) bond motifs is 1. The number of sulfone groups is 1. The minimum Gasteiger partial charge on any atom is -0.398 e. The molecule has 0 unspecified atom stereocenters. The van der Waals surface area contributed by atoms with E-state index in [0.717, 1.165) is 44.1 Å². The van der Waals surface area contributed by atoms with Crippen molar-refractivity contribution in [2.24, 2.45) is 0 Å². The number of aromatic nitrogens is 4. The summed E-state index contributed by atoms with van der Waals surface area (Å²) >= 11 is 0. The summed E-state index contributed by atoms with van der Waals surface area (Å²) in [6.07, 6.45) is 6.89. The van der Waals surface area contributed by atoms with Gasteiger partial charge in [0.1, 0.15) is 17.8 Å². The normalized spacial score (nSPS) is 19.9. The number of nitrogen functional groups attached to an aromatic ring is 1. The summed E-state index contributed by atoms with van der Waals surface area (Å²) < 4.78 is 60.3. The van der Waals surface area contributed by atoms with E-state index in [-0.39, 0.29) is 58.8 Å². The summed E-state index contributed by atoms with van der Waals surface area (Å²) in [5, 5.41) is 0.0288. The Bertz CT molecular complexity index is 2150. The van der Waals surface area contributed by atoms with Crippen molar-refractivity contribution < 1.29 is 22.0 Å². The minimum atomic E-state index is -4.28. The molecule has 7 rings (SSSR count). The molecule has 1 aromatic carbocycles. The molecule has 2 saturated carbocycles. The van der Waals surface area contributed by atoms with Crippen molar-refractivity contribution in [3.63, 3.8) is 0 Å². The predicted octanol–water partition coefficient (Wildman–Crippen LogP) is 4.47.